The highest BCUT2D eigenvalue weighted by molar-refractivity contribution is 5.94. The standard InChI is InChI=1S/C13H12FNO2/c1-9-3-2-4-11(12(9)14)13(16)15-7-10-5-6-17-8-10/h2-6,8H,7H2,1H3,(H,15,16). The normalized spacial score (nSPS) is 10.2. The lowest BCUT2D eigenvalue weighted by molar-refractivity contribution is 0.0946. The minimum absolute atomic E-state index is 0.0634. The third-order valence-corrected chi connectivity index (χ3v) is 2.47. The monoisotopic (exact) mass is 233 g/mol. The molecule has 0 unspecified atom stereocenters. The Balaban J connectivity index is 2.07. The second kappa shape index (κ2) is 4.82. The Morgan fingerprint density at radius 2 is 2.24 bits per heavy atom. The lowest BCUT2D eigenvalue weighted by atomic mass is 10.1. The topological polar surface area (TPSA) is 42.2 Å². The Morgan fingerprint density at radius 1 is 1.41 bits per heavy atom. The number of carbonyl (C=O) groups is 1. The molecule has 0 aliphatic carbocycles. The van der Waals surface area contributed by atoms with Gasteiger partial charge in [-0.1, -0.05) is 12.1 Å². The molecule has 1 aromatic heterocycles. The number of halogens is 1. The number of aryl methyl sites for hydroxylation is 1. The molecular formula is C13H12FNO2. The molecule has 4 heteroatoms. The van der Waals surface area contributed by atoms with Crippen molar-refractivity contribution in [1.29, 1.82) is 0 Å². The van der Waals surface area contributed by atoms with Crippen molar-refractivity contribution in [2.45, 2.75) is 13.5 Å². The van der Waals surface area contributed by atoms with Gasteiger partial charge >= 0.3 is 0 Å². The van der Waals surface area contributed by atoms with Gasteiger partial charge in [-0.2, -0.15) is 0 Å². The summed E-state index contributed by atoms with van der Waals surface area (Å²) in [5.41, 5.74) is 1.36. The molecule has 0 spiro atoms. The maximum absolute atomic E-state index is 13.6. The molecule has 0 radical (unpaired) electrons. The molecule has 0 fully saturated rings. The predicted molar refractivity (Wildman–Crippen MR) is 61.0 cm³/mol. The Labute approximate surface area is 98.3 Å². The molecule has 0 atom stereocenters. The van der Waals surface area contributed by atoms with Gasteiger partial charge in [0.05, 0.1) is 18.1 Å². The molecule has 0 bridgehead atoms. The van der Waals surface area contributed by atoms with E-state index in [4.69, 9.17) is 4.42 Å². The molecule has 3 nitrogen and oxygen atoms in total. The fraction of sp³-hybridized carbons (Fsp3) is 0.154. The van der Waals surface area contributed by atoms with Crippen LogP contribution < -0.4 is 5.32 Å². The highest BCUT2D eigenvalue weighted by Crippen LogP contribution is 2.11. The number of amides is 1. The third kappa shape index (κ3) is 2.53. The number of benzene rings is 1. The number of furan rings is 1. The molecular weight excluding hydrogens is 221 g/mol. The second-order valence-electron chi connectivity index (χ2n) is 3.75. The van der Waals surface area contributed by atoms with E-state index in [9.17, 15) is 9.18 Å². The van der Waals surface area contributed by atoms with Crippen LogP contribution in [-0.2, 0) is 6.54 Å². The van der Waals surface area contributed by atoms with Gasteiger partial charge in [0.1, 0.15) is 5.82 Å². The van der Waals surface area contributed by atoms with Crippen LogP contribution in [0.15, 0.2) is 41.2 Å². The zero-order chi connectivity index (χ0) is 12.3. The lowest BCUT2D eigenvalue weighted by Crippen LogP contribution is -2.23. The van der Waals surface area contributed by atoms with E-state index in [0.717, 1.165) is 5.56 Å². The van der Waals surface area contributed by atoms with E-state index in [1.54, 1.807) is 25.1 Å². The van der Waals surface area contributed by atoms with E-state index >= 15 is 0 Å². The maximum Gasteiger partial charge on any atom is 0.254 e. The number of nitrogens with one attached hydrogen (secondary N) is 1. The van der Waals surface area contributed by atoms with Crippen LogP contribution in [0.25, 0.3) is 0 Å². The van der Waals surface area contributed by atoms with Crippen molar-refractivity contribution in [3.05, 3.63) is 59.3 Å². The van der Waals surface area contributed by atoms with E-state index in [-0.39, 0.29) is 5.56 Å². The van der Waals surface area contributed by atoms with Crippen molar-refractivity contribution in [2.24, 2.45) is 0 Å². The molecule has 0 saturated heterocycles. The first-order valence-electron chi connectivity index (χ1n) is 5.23. The van der Waals surface area contributed by atoms with Gasteiger partial charge in [-0.3, -0.25) is 4.79 Å². The summed E-state index contributed by atoms with van der Waals surface area (Å²) in [5, 5.41) is 2.63. The quantitative estimate of drug-likeness (QED) is 0.885. The van der Waals surface area contributed by atoms with Crippen molar-refractivity contribution in [1.82, 2.24) is 5.32 Å². The lowest BCUT2D eigenvalue weighted by Gasteiger charge is -2.06. The van der Waals surface area contributed by atoms with Gasteiger partial charge in [0.2, 0.25) is 0 Å². The summed E-state index contributed by atoms with van der Waals surface area (Å²) < 4.78 is 18.5. The van der Waals surface area contributed by atoms with Crippen LogP contribution in [0.3, 0.4) is 0 Å². The molecule has 17 heavy (non-hydrogen) atoms. The van der Waals surface area contributed by atoms with Crippen molar-refractivity contribution >= 4 is 5.91 Å². The molecule has 2 aromatic rings. The molecule has 1 N–H and O–H groups in total. The molecule has 0 saturated carbocycles. The SMILES string of the molecule is Cc1cccc(C(=O)NCc2ccoc2)c1F. The van der Waals surface area contributed by atoms with Crippen molar-refractivity contribution in [3.8, 4) is 0 Å². The average Bonchev–Trinajstić information content (AvgIpc) is 2.82. The molecule has 2 rings (SSSR count). The zero-order valence-electron chi connectivity index (χ0n) is 9.37. The van der Waals surface area contributed by atoms with Gasteiger partial charge in [-0.15, -0.1) is 0 Å². The smallest absolute Gasteiger partial charge is 0.254 e. The van der Waals surface area contributed by atoms with Crippen LogP contribution in [0.1, 0.15) is 21.5 Å². The Morgan fingerprint density at radius 3 is 2.94 bits per heavy atom. The first-order chi connectivity index (χ1) is 8.18. The molecule has 88 valence electrons. The second-order valence-corrected chi connectivity index (χ2v) is 3.75. The summed E-state index contributed by atoms with van der Waals surface area (Å²) in [6.45, 7) is 1.95. The molecule has 1 aromatic carbocycles. The largest absolute Gasteiger partial charge is 0.472 e. The Kier molecular flexibility index (Phi) is 3.23. The summed E-state index contributed by atoms with van der Waals surface area (Å²) >= 11 is 0. The summed E-state index contributed by atoms with van der Waals surface area (Å²) in [5.74, 6) is -0.899. The zero-order valence-corrected chi connectivity index (χ0v) is 9.37. The third-order valence-electron chi connectivity index (χ3n) is 2.47. The summed E-state index contributed by atoms with van der Waals surface area (Å²) in [6, 6.07) is 6.49. The van der Waals surface area contributed by atoms with Crippen LogP contribution >= 0.6 is 0 Å². The summed E-state index contributed by atoms with van der Waals surface area (Å²) in [4.78, 5) is 11.7. The fourth-order valence-electron chi connectivity index (χ4n) is 1.49. The van der Waals surface area contributed by atoms with E-state index < -0.39 is 11.7 Å². The van der Waals surface area contributed by atoms with E-state index in [0.29, 0.717) is 12.1 Å². The van der Waals surface area contributed by atoms with E-state index in [1.807, 2.05) is 0 Å². The molecule has 0 aliphatic rings. The first-order valence-corrected chi connectivity index (χ1v) is 5.23. The average molecular weight is 233 g/mol. The van der Waals surface area contributed by atoms with E-state index in [2.05, 4.69) is 5.32 Å². The summed E-state index contributed by atoms with van der Waals surface area (Å²) in [7, 11) is 0. The number of carbonyl (C=O) groups excluding carboxylic acids is 1. The molecule has 0 aliphatic heterocycles. The Bertz CT molecular complexity index is 520. The van der Waals surface area contributed by atoms with Gasteiger partial charge < -0.3 is 9.73 Å². The highest BCUT2D eigenvalue weighted by Gasteiger charge is 2.12. The minimum Gasteiger partial charge on any atom is -0.472 e. The van der Waals surface area contributed by atoms with Crippen LogP contribution in [0.4, 0.5) is 4.39 Å². The van der Waals surface area contributed by atoms with Gasteiger partial charge in [-0.05, 0) is 24.6 Å². The van der Waals surface area contributed by atoms with Crippen LogP contribution in [-0.4, -0.2) is 5.91 Å². The number of hydrogen-bond acceptors (Lipinski definition) is 2. The number of rotatable bonds is 3. The van der Waals surface area contributed by atoms with Crippen molar-refractivity contribution in [3.63, 3.8) is 0 Å². The van der Waals surface area contributed by atoms with Gasteiger partial charge in [0, 0.05) is 12.1 Å². The Hall–Kier alpha value is -2.10. The van der Waals surface area contributed by atoms with Crippen LogP contribution in [0, 0.1) is 12.7 Å². The number of hydrogen-bond donors (Lipinski definition) is 1. The van der Waals surface area contributed by atoms with Gasteiger partial charge in [0.25, 0.3) is 5.91 Å². The maximum atomic E-state index is 13.6. The minimum atomic E-state index is -0.475. The van der Waals surface area contributed by atoms with Gasteiger partial charge in [0.15, 0.2) is 0 Å². The predicted octanol–water partition coefficient (Wildman–Crippen LogP) is 2.66. The van der Waals surface area contributed by atoms with E-state index in [1.165, 1.54) is 18.6 Å². The van der Waals surface area contributed by atoms with Crippen LogP contribution in [0.5, 0.6) is 0 Å². The molecule has 1 amide bonds. The fourth-order valence-corrected chi connectivity index (χ4v) is 1.49. The highest BCUT2D eigenvalue weighted by atomic mass is 19.1. The first kappa shape index (κ1) is 11.4. The van der Waals surface area contributed by atoms with Gasteiger partial charge in [-0.25, -0.2) is 4.39 Å². The van der Waals surface area contributed by atoms with Crippen molar-refractivity contribution < 1.29 is 13.6 Å². The van der Waals surface area contributed by atoms with Crippen molar-refractivity contribution in [2.75, 3.05) is 0 Å². The summed E-state index contributed by atoms with van der Waals surface area (Å²) in [6.07, 6.45) is 3.06. The van der Waals surface area contributed by atoms with Crippen LogP contribution in [0.2, 0.25) is 0 Å². The molecule has 1 heterocycles.